The minimum Gasteiger partial charge on any atom is -0.218 e. The summed E-state index contributed by atoms with van der Waals surface area (Å²) in [6.45, 7) is 0. The van der Waals surface area contributed by atoms with Gasteiger partial charge in [-0.05, 0) is 41.3 Å². The van der Waals surface area contributed by atoms with Crippen LogP contribution in [0.15, 0.2) is 48.5 Å². The topological polar surface area (TPSA) is 25.8 Å². The summed E-state index contributed by atoms with van der Waals surface area (Å²) in [5.41, 5.74) is 3.20. The highest BCUT2D eigenvalue weighted by Gasteiger charge is 2.06. The molecular formula is C15H10Cl2N2. The number of halogens is 2. The smallest absolute Gasteiger partial charge is 0.218 e. The first-order valence-corrected chi connectivity index (χ1v) is 6.63. The monoisotopic (exact) mass is 288 g/mol. The fourth-order valence-electron chi connectivity index (χ4n) is 2.05. The molecule has 1 aromatic heterocycles. The van der Waals surface area contributed by atoms with Crippen molar-refractivity contribution in [3.63, 3.8) is 0 Å². The van der Waals surface area contributed by atoms with Gasteiger partial charge in [0.15, 0.2) is 0 Å². The Kier molecular flexibility index (Phi) is 3.36. The molecule has 0 aliphatic heterocycles. The van der Waals surface area contributed by atoms with E-state index < -0.39 is 0 Å². The van der Waals surface area contributed by atoms with E-state index in [-0.39, 0.29) is 5.28 Å². The molecule has 94 valence electrons. The number of hydrogen-bond donors (Lipinski definition) is 0. The van der Waals surface area contributed by atoms with Crippen LogP contribution in [0.4, 0.5) is 0 Å². The van der Waals surface area contributed by atoms with Crippen molar-refractivity contribution < 1.29 is 0 Å². The summed E-state index contributed by atoms with van der Waals surface area (Å²) in [5, 5.41) is 1.40. The third-order valence-corrected chi connectivity index (χ3v) is 3.39. The van der Waals surface area contributed by atoms with Crippen molar-refractivity contribution in [3.05, 3.63) is 70.1 Å². The minimum atomic E-state index is 0.174. The molecule has 0 fully saturated rings. The standard InChI is InChI=1S/C15H10Cl2N2/c16-14-12-9-11(8-10-4-2-1-3-5-10)6-7-13(12)18-15(17)19-14/h1-7,9H,8H2. The summed E-state index contributed by atoms with van der Waals surface area (Å²) in [6, 6.07) is 16.3. The predicted octanol–water partition coefficient (Wildman–Crippen LogP) is 4.53. The lowest BCUT2D eigenvalue weighted by molar-refractivity contribution is 1.18. The molecule has 0 saturated heterocycles. The molecule has 0 atom stereocenters. The maximum absolute atomic E-state index is 6.10. The average Bonchev–Trinajstić information content (AvgIpc) is 2.40. The van der Waals surface area contributed by atoms with Crippen molar-refractivity contribution in [1.29, 1.82) is 0 Å². The van der Waals surface area contributed by atoms with Gasteiger partial charge in [-0.1, -0.05) is 48.0 Å². The summed E-state index contributed by atoms with van der Waals surface area (Å²) in [6.07, 6.45) is 0.857. The van der Waals surface area contributed by atoms with Crippen molar-refractivity contribution in [3.8, 4) is 0 Å². The highest BCUT2D eigenvalue weighted by atomic mass is 35.5. The van der Waals surface area contributed by atoms with Gasteiger partial charge in [-0.15, -0.1) is 0 Å². The Morgan fingerprint density at radius 2 is 1.63 bits per heavy atom. The van der Waals surface area contributed by atoms with E-state index in [9.17, 15) is 0 Å². The van der Waals surface area contributed by atoms with Crippen LogP contribution in [0.2, 0.25) is 10.4 Å². The Balaban J connectivity index is 2.02. The van der Waals surface area contributed by atoms with Gasteiger partial charge in [0.05, 0.1) is 5.52 Å². The Labute approximate surface area is 121 Å². The fraction of sp³-hybridized carbons (Fsp3) is 0.0667. The zero-order valence-electron chi connectivity index (χ0n) is 9.98. The Bertz CT molecular complexity index is 727. The van der Waals surface area contributed by atoms with Gasteiger partial charge >= 0.3 is 0 Å². The van der Waals surface area contributed by atoms with Gasteiger partial charge in [-0.25, -0.2) is 9.97 Å². The van der Waals surface area contributed by atoms with E-state index in [1.165, 1.54) is 11.1 Å². The van der Waals surface area contributed by atoms with E-state index in [2.05, 4.69) is 22.1 Å². The molecule has 2 nitrogen and oxygen atoms in total. The third kappa shape index (κ3) is 2.70. The van der Waals surface area contributed by atoms with Crippen LogP contribution in [-0.2, 0) is 6.42 Å². The minimum absolute atomic E-state index is 0.174. The maximum atomic E-state index is 6.10. The molecule has 1 heterocycles. The second-order valence-corrected chi connectivity index (χ2v) is 4.99. The zero-order chi connectivity index (χ0) is 13.2. The molecule has 0 N–H and O–H groups in total. The molecule has 0 radical (unpaired) electrons. The molecular weight excluding hydrogens is 279 g/mol. The molecule has 0 aliphatic rings. The van der Waals surface area contributed by atoms with Crippen LogP contribution in [0.5, 0.6) is 0 Å². The van der Waals surface area contributed by atoms with Crippen LogP contribution in [0, 0.1) is 0 Å². The molecule has 0 aliphatic carbocycles. The molecule has 0 spiro atoms. The molecule has 3 aromatic rings. The second-order valence-electron chi connectivity index (χ2n) is 4.30. The number of benzene rings is 2. The predicted molar refractivity (Wildman–Crippen MR) is 78.8 cm³/mol. The molecule has 0 bridgehead atoms. The normalized spacial score (nSPS) is 10.8. The van der Waals surface area contributed by atoms with E-state index in [0.29, 0.717) is 5.15 Å². The Morgan fingerprint density at radius 3 is 2.42 bits per heavy atom. The van der Waals surface area contributed by atoms with Gasteiger partial charge < -0.3 is 0 Å². The first-order chi connectivity index (χ1) is 9.22. The average molecular weight is 289 g/mol. The summed E-state index contributed by atoms with van der Waals surface area (Å²) < 4.78 is 0. The molecule has 19 heavy (non-hydrogen) atoms. The van der Waals surface area contributed by atoms with E-state index in [4.69, 9.17) is 23.2 Å². The fourth-order valence-corrected chi connectivity index (χ4v) is 2.50. The van der Waals surface area contributed by atoms with Crippen LogP contribution in [0.25, 0.3) is 10.9 Å². The van der Waals surface area contributed by atoms with Gasteiger partial charge in [0, 0.05) is 5.39 Å². The summed E-state index contributed by atoms with van der Waals surface area (Å²) in [7, 11) is 0. The number of aromatic nitrogens is 2. The van der Waals surface area contributed by atoms with Crippen LogP contribution < -0.4 is 0 Å². The largest absolute Gasteiger partial charge is 0.224 e. The molecule has 3 rings (SSSR count). The molecule has 0 unspecified atom stereocenters. The second kappa shape index (κ2) is 5.16. The van der Waals surface area contributed by atoms with Crippen molar-refractivity contribution in [2.24, 2.45) is 0 Å². The zero-order valence-corrected chi connectivity index (χ0v) is 11.5. The molecule has 2 aromatic carbocycles. The third-order valence-electron chi connectivity index (χ3n) is 2.94. The first-order valence-electron chi connectivity index (χ1n) is 5.88. The van der Waals surface area contributed by atoms with Crippen LogP contribution in [-0.4, -0.2) is 9.97 Å². The Morgan fingerprint density at radius 1 is 0.842 bits per heavy atom. The highest BCUT2D eigenvalue weighted by molar-refractivity contribution is 6.35. The van der Waals surface area contributed by atoms with E-state index >= 15 is 0 Å². The first kappa shape index (κ1) is 12.4. The lowest BCUT2D eigenvalue weighted by Gasteiger charge is -2.05. The van der Waals surface area contributed by atoms with Crippen molar-refractivity contribution in [2.75, 3.05) is 0 Å². The van der Waals surface area contributed by atoms with Crippen LogP contribution >= 0.6 is 23.2 Å². The highest BCUT2D eigenvalue weighted by Crippen LogP contribution is 2.24. The summed E-state index contributed by atoms with van der Waals surface area (Å²) in [4.78, 5) is 8.12. The van der Waals surface area contributed by atoms with Crippen molar-refractivity contribution >= 4 is 34.1 Å². The van der Waals surface area contributed by atoms with Crippen molar-refractivity contribution in [2.45, 2.75) is 6.42 Å². The molecule has 0 saturated carbocycles. The number of rotatable bonds is 2. The Hall–Kier alpha value is -1.64. The number of fused-ring (bicyclic) bond motifs is 1. The van der Waals surface area contributed by atoms with Gasteiger partial charge in [0.25, 0.3) is 0 Å². The van der Waals surface area contributed by atoms with Gasteiger partial charge in [-0.3, -0.25) is 0 Å². The van der Waals surface area contributed by atoms with Crippen molar-refractivity contribution in [1.82, 2.24) is 9.97 Å². The summed E-state index contributed by atoms with van der Waals surface area (Å²) >= 11 is 11.9. The SMILES string of the molecule is Clc1nc(Cl)c2cc(Cc3ccccc3)ccc2n1. The van der Waals surface area contributed by atoms with Gasteiger partial charge in [0.1, 0.15) is 5.15 Å². The number of hydrogen-bond acceptors (Lipinski definition) is 2. The lowest BCUT2D eigenvalue weighted by Crippen LogP contribution is -1.91. The number of nitrogens with zero attached hydrogens (tertiary/aromatic N) is 2. The van der Waals surface area contributed by atoms with E-state index in [1.807, 2.05) is 36.4 Å². The van der Waals surface area contributed by atoms with Crippen LogP contribution in [0.1, 0.15) is 11.1 Å². The van der Waals surface area contributed by atoms with Gasteiger partial charge in [0.2, 0.25) is 5.28 Å². The summed E-state index contributed by atoms with van der Waals surface area (Å²) in [5.74, 6) is 0. The molecule has 4 heteroatoms. The maximum Gasteiger partial charge on any atom is 0.224 e. The molecule has 0 amide bonds. The van der Waals surface area contributed by atoms with Gasteiger partial charge in [-0.2, -0.15) is 0 Å². The van der Waals surface area contributed by atoms with E-state index in [1.54, 1.807) is 0 Å². The quantitative estimate of drug-likeness (QED) is 0.511. The van der Waals surface area contributed by atoms with E-state index in [0.717, 1.165) is 17.3 Å². The lowest BCUT2D eigenvalue weighted by atomic mass is 10.0. The van der Waals surface area contributed by atoms with Crippen LogP contribution in [0.3, 0.4) is 0 Å².